The van der Waals surface area contributed by atoms with E-state index in [1.54, 1.807) is 0 Å². The van der Waals surface area contributed by atoms with Crippen molar-refractivity contribution in [1.29, 1.82) is 0 Å². The Morgan fingerprint density at radius 3 is 2.83 bits per heavy atom. The molecular weight excluding hydrogens is 404 g/mol. The summed E-state index contributed by atoms with van der Waals surface area (Å²) in [4.78, 5) is 34.1. The van der Waals surface area contributed by atoms with Gasteiger partial charge in [-0.3, -0.25) is 14.9 Å². The summed E-state index contributed by atoms with van der Waals surface area (Å²) >= 11 is 4.04. The maximum Gasteiger partial charge on any atom is 0.352 e. The summed E-state index contributed by atoms with van der Waals surface area (Å²) in [5, 5.41) is 16.9. The molecule has 0 aliphatic heterocycles. The highest BCUT2D eigenvalue weighted by atomic mass is 79.9. The van der Waals surface area contributed by atoms with E-state index in [4.69, 9.17) is 4.74 Å². The lowest BCUT2D eigenvalue weighted by molar-refractivity contribution is -0.384. The van der Waals surface area contributed by atoms with Gasteiger partial charge in [-0.15, -0.1) is 5.10 Å². The lowest BCUT2D eigenvalue weighted by atomic mass is 10.3. The fraction of sp³-hybridized carbons (Fsp3) is 0.231. The molecule has 1 aromatic carbocycles. The number of nitrogens with zero attached hydrogens (tertiary/aromatic N) is 3. The van der Waals surface area contributed by atoms with E-state index in [1.807, 2.05) is 6.92 Å². The van der Waals surface area contributed by atoms with Crippen molar-refractivity contribution in [2.75, 3.05) is 11.9 Å². The minimum Gasteiger partial charge on any atom is -0.451 e. The molecule has 1 N–H and O–H groups in total. The number of rotatable bonds is 6. The Labute approximate surface area is 148 Å². The summed E-state index contributed by atoms with van der Waals surface area (Å²) in [6.45, 7) is 1.33. The Hall–Kier alpha value is -2.40. The number of non-ortho nitro benzene ring substituents is 1. The van der Waals surface area contributed by atoms with Crippen LogP contribution in [0.1, 0.15) is 22.3 Å². The van der Waals surface area contributed by atoms with Gasteiger partial charge in [0.25, 0.3) is 11.6 Å². The van der Waals surface area contributed by atoms with E-state index in [0.29, 0.717) is 22.3 Å². The second kappa shape index (κ2) is 7.93. The molecular formula is C13H11BrN4O5S. The maximum absolute atomic E-state index is 11.9. The average Bonchev–Trinajstić information content (AvgIpc) is 3.03. The summed E-state index contributed by atoms with van der Waals surface area (Å²) in [6, 6.07) is 3.89. The van der Waals surface area contributed by atoms with Crippen LogP contribution >= 0.6 is 27.5 Å². The number of aryl methyl sites for hydroxylation is 1. The number of hydrogen-bond donors (Lipinski definition) is 1. The van der Waals surface area contributed by atoms with Crippen LogP contribution in [0.25, 0.3) is 0 Å². The number of aromatic nitrogens is 2. The van der Waals surface area contributed by atoms with E-state index in [2.05, 4.69) is 30.8 Å². The summed E-state index contributed by atoms with van der Waals surface area (Å²) in [7, 11) is 0. The van der Waals surface area contributed by atoms with Crippen LogP contribution in [0.3, 0.4) is 0 Å². The number of halogens is 1. The third kappa shape index (κ3) is 4.32. The summed E-state index contributed by atoms with van der Waals surface area (Å²) in [6.07, 6.45) is 0.531. The first-order valence-corrected chi connectivity index (χ1v) is 8.21. The van der Waals surface area contributed by atoms with Gasteiger partial charge in [-0.2, -0.15) is 0 Å². The Morgan fingerprint density at radius 2 is 2.21 bits per heavy atom. The molecule has 126 valence electrons. The van der Waals surface area contributed by atoms with Crippen molar-refractivity contribution in [3.05, 3.63) is 43.4 Å². The fourth-order valence-corrected chi connectivity index (χ4v) is 2.81. The number of ether oxygens (including phenoxy) is 1. The van der Waals surface area contributed by atoms with Crippen LogP contribution in [-0.2, 0) is 16.0 Å². The van der Waals surface area contributed by atoms with Crippen molar-refractivity contribution in [3.63, 3.8) is 0 Å². The number of carbonyl (C=O) groups excluding carboxylic acids is 2. The molecule has 0 aliphatic carbocycles. The summed E-state index contributed by atoms with van der Waals surface area (Å²) < 4.78 is 8.94. The first-order valence-electron chi connectivity index (χ1n) is 6.64. The third-order valence-electron chi connectivity index (χ3n) is 2.85. The largest absolute Gasteiger partial charge is 0.451 e. The number of hydrogen-bond acceptors (Lipinski definition) is 8. The molecule has 2 aromatic rings. The van der Waals surface area contributed by atoms with Gasteiger partial charge in [0.2, 0.25) is 0 Å². The topological polar surface area (TPSA) is 124 Å². The average molecular weight is 415 g/mol. The first kappa shape index (κ1) is 17.9. The zero-order valence-corrected chi connectivity index (χ0v) is 14.7. The van der Waals surface area contributed by atoms with Gasteiger partial charge in [-0.1, -0.05) is 11.4 Å². The Morgan fingerprint density at radius 1 is 1.46 bits per heavy atom. The number of nitro groups is 1. The van der Waals surface area contributed by atoms with Crippen molar-refractivity contribution in [3.8, 4) is 0 Å². The van der Waals surface area contributed by atoms with Gasteiger partial charge in [0.1, 0.15) is 0 Å². The standard InChI is InChI=1S/C13H11BrN4O5S/c1-2-9-12(24-17-16-9)13(20)23-6-11(19)15-10-4-3-7(18(21)22)5-8(10)14/h3-5H,2,6H2,1H3,(H,15,19). The molecule has 1 amide bonds. The smallest absolute Gasteiger partial charge is 0.352 e. The Bertz CT molecular complexity index is 794. The predicted molar refractivity (Wildman–Crippen MR) is 89.0 cm³/mol. The van der Waals surface area contributed by atoms with Crippen LogP contribution in [0.15, 0.2) is 22.7 Å². The van der Waals surface area contributed by atoms with Crippen molar-refractivity contribution in [2.24, 2.45) is 0 Å². The number of benzene rings is 1. The number of anilines is 1. The SMILES string of the molecule is CCc1nnsc1C(=O)OCC(=O)Nc1ccc([N+](=O)[O-])cc1Br. The molecule has 9 nitrogen and oxygen atoms in total. The molecule has 0 fully saturated rings. The molecule has 0 radical (unpaired) electrons. The van der Waals surface area contributed by atoms with Crippen molar-refractivity contribution in [1.82, 2.24) is 9.59 Å². The van der Waals surface area contributed by atoms with Gasteiger partial charge in [0.15, 0.2) is 11.5 Å². The van der Waals surface area contributed by atoms with E-state index < -0.39 is 23.4 Å². The van der Waals surface area contributed by atoms with Crippen LogP contribution < -0.4 is 5.32 Å². The van der Waals surface area contributed by atoms with Crippen molar-refractivity contribution in [2.45, 2.75) is 13.3 Å². The molecule has 0 spiro atoms. The van der Waals surface area contributed by atoms with Crippen LogP contribution in [0.5, 0.6) is 0 Å². The highest BCUT2D eigenvalue weighted by Gasteiger charge is 2.18. The minimum absolute atomic E-state index is 0.115. The number of nitrogens with one attached hydrogen (secondary N) is 1. The second-order valence-corrected chi connectivity index (χ2v) is 6.06. The van der Waals surface area contributed by atoms with Gasteiger partial charge in [0.05, 0.1) is 16.3 Å². The zero-order chi connectivity index (χ0) is 17.7. The van der Waals surface area contributed by atoms with Gasteiger partial charge >= 0.3 is 5.97 Å². The first-order chi connectivity index (χ1) is 11.4. The highest BCUT2D eigenvalue weighted by molar-refractivity contribution is 9.10. The van der Waals surface area contributed by atoms with Gasteiger partial charge in [-0.25, -0.2) is 4.79 Å². The quantitative estimate of drug-likeness (QED) is 0.437. The molecule has 0 aliphatic rings. The molecule has 0 bridgehead atoms. The molecule has 0 atom stereocenters. The van der Waals surface area contributed by atoms with E-state index in [1.165, 1.54) is 18.2 Å². The molecule has 11 heteroatoms. The molecule has 0 saturated heterocycles. The number of nitro benzene ring substituents is 1. The minimum atomic E-state index is -0.667. The fourth-order valence-electron chi connectivity index (χ4n) is 1.70. The van der Waals surface area contributed by atoms with Gasteiger partial charge in [-0.05, 0) is 39.9 Å². The third-order valence-corrected chi connectivity index (χ3v) is 4.25. The second-order valence-electron chi connectivity index (χ2n) is 4.45. The summed E-state index contributed by atoms with van der Waals surface area (Å²) in [5.74, 6) is -1.24. The predicted octanol–water partition coefficient (Wildman–Crippen LogP) is 2.57. The Kier molecular flexibility index (Phi) is 5.93. The zero-order valence-electron chi connectivity index (χ0n) is 12.3. The number of amides is 1. The van der Waals surface area contributed by atoms with Crippen molar-refractivity contribution < 1.29 is 19.2 Å². The Balaban J connectivity index is 1.94. The van der Waals surface area contributed by atoms with Crippen LogP contribution in [0.2, 0.25) is 0 Å². The lowest BCUT2D eigenvalue weighted by Gasteiger charge is -2.07. The normalized spacial score (nSPS) is 10.2. The van der Waals surface area contributed by atoms with Crippen LogP contribution in [-0.4, -0.2) is 33.0 Å². The van der Waals surface area contributed by atoms with Crippen LogP contribution in [0.4, 0.5) is 11.4 Å². The molecule has 0 unspecified atom stereocenters. The number of esters is 1. The van der Waals surface area contributed by atoms with Crippen molar-refractivity contribution >= 4 is 50.7 Å². The molecule has 2 rings (SSSR count). The lowest BCUT2D eigenvalue weighted by Crippen LogP contribution is -2.21. The molecule has 1 heterocycles. The van der Waals surface area contributed by atoms with E-state index >= 15 is 0 Å². The maximum atomic E-state index is 11.9. The summed E-state index contributed by atoms with van der Waals surface area (Å²) in [5.41, 5.74) is 0.731. The van der Waals surface area contributed by atoms with E-state index in [9.17, 15) is 19.7 Å². The monoisotopic (exact) mass is 414 g/mol. The number of carbonyl (C=O) groups is 2. The highest BCUT2D eigenvalue weighted by Crippen LogP contribution is 2.27. The van der Waals surface area contributed by atoms with Crippen LogP contribution in [0, 0.1) is 10.1 Å². The van der Waals surface area contributed by atoms with E-state index in [0.717, 1.165) is 11.5 Å². The molecule has 24 heavy (non-hydrogen) atoms. The molecule has 0 saturated carbocycles. The van der Waals surface area contributed by atoms with Gasteiger partial charge < -0.3 is 10.1 Å². The molecule has 1 aromatic heterocycles. The van der Waals surface area contributed by atoms with E-state index in [-0.39, 0.29) is 10.6 Å². The van der Waals surface area contributed by atoms with Gasteiger partial charge in [0, 0.05) is 16.6 Å².